The van der Waals surface area contributed by atoms with Gasteiger partial charge in [0.05, 0.1) is 6.10 Å². The molecule has 0 aromatic carbocycles. The Morgan fingerprint density at radius 3 is 3.14 bits per heavy atom. The summed E-state index contributed by atoms with van der Waals surface area (Å²) in [6.07, 6.45) is 9.09. The van der Waals surface area contributed by atoms with Crippen LogP contribution in [-0.4, -0.2) is 45.7 Å². The van der Waals surface area contributed by atoms with E-state index in [-0.39, 0.29) is 6.10 Å². The number of H-pyrrole nitrogens is 1. The standard InChI is InChI=1S/C17H23N3O/c1-13(21)4-3-9-20-10-6-14(7-11-20)16-12-19-17-15(16)5-2-8-18-17/h2,5-6,8,12-13,21H,3-4,7,9-11H2,1H3,(H,18,19)/t13-/m1/s1. The molecule has 0 bridgehead atoms. The average molecular weight is 285 g/mol. The molecular weight excluding hydrogens is 262 g/mol. The van der Waals surface area contributed by atoms with Crippen LogP contribution < -0.4 is 0 Å². The van der Waals surface area contributed by atoms with Crippen LogP contribution in [0.3, 0.4) is 0 Å². The zero-order valence-electron chi connectivity index (χ0n) is 12.5. The van der Waals surface area contributed by atoms with Gasteiger partial charge in [-0.05, 0) is 50.4 Å². The number of aliphatic hydroxyl groups excluding tert-OH is 1. The quantitative estimate of drug-likeness (QED) is 0.888. The van der Waals surface area contributed by atoms with Gasteiger partial charge in [-0.2, -0.15) is 0 Å². The van der Waals surface area contributed by atoms with Crippen LogP contribution in [0.15, 0.2) is 30.6 Å². The smallest absolute Gasteiger partial charge is 0.137 e. The molecule has 0 saturated carbocycles. The molecule has 1 aliphatic rings. The zero-order valence-corrected chi connectivity index (χ0v) is 12.5. The van der Waals surface area contributed by atoms with Gasteiger partial charge in [0.1, 0.15) is 5.65 Å². The summed E-state index contributed by atoms with van der Waals surface area (Å²) in [6, 6.07) is 4.12. The van der Waals surface area contributed by atoms with Crippen molar-refractivity contribution >= 4 is 16.6 Å². The third kappa shape index (κ3) is 3.34. The van der Waals surface area contributed by atoms with Crippen molar-refractivity contribution in [2.75, 3.05) is 19.6 Å². The normalized spacial score (nSPS) is 17.9. The molecule has 112 valence electrons. The first kappa shape index (κ1) is 14.3. The van der Waals surface area contributed by atoms with E-state index in [0.717, 1.165) is 44.5 Å². The van der Waals surface area contributed by atoms with Crippen molar-refractivity contribution < 1.29 is 5.11 Å². The number of nitrogens with one attached hydrogen (secondary N) is 1. The van der Waals surface area contributed by atoms with Gasteiger partial charge in [-0.3, -0.25) is 4.90 Å². The number of aromatic nitrogens is 2. The highest BCUT2D eigenvalue weighted by Gasteiger charge is 2.15. The molecule has 0 unspecified atom stereocenters. The molecule has 0 radical (unpaired) electrons. The highest BCUT2D eigenvalue weighted by molar-refractivity contribution is 5.90. The molecule has 0 saturated heterocycles. The summed E-state index contributed by atoms with van der Waals surface area (Å²) in [6.45, 7) is 5.03. The van der Waals surface area contributed by atoms with Crippen LogP contribution in [0.2, 0.25) is 0 Å². The molecule has 0 amide bonds. The molecule has 3 heterocycles. The van der Waals surface area contributed by atoms with Crippen molar-refractivity contribution in [1.82, 2.24) is 14.9 Å². The molecule has 2 aromatic rings. The minimum atomic E-state index is -0.181. The number of hydrogen-bond acceptors (Lipinski definition) is 3. The number of aliphatic hydroxyl groups is 1. The van der Waals surface area contributed by atoms with E-state index in [2.05, 4.69) is 33.2 Å². The molecule has 1 aliphatic heterocycles. The van der Waals surface area contributed by atoms with Crippen molar-refractivity contribution in [2.45, 2.75) is 32.3 Å². The molecule has 0 spiro atoms. The number of fused-ring (bicyclic) bond motifs is 1. The summed E-state index contributed by atoms with van der Waals surface area (Å²) in [5.74, 6) is 0. The van der Waals surface area contributed by atoms with Gasteiger partial charge in [0.2, 0.25) is 0 Å². The fourth-order valence-corrected chi connectivity index (χ4v) is 2.99. The van der Waals surface area contributed by atoms with Gasteiger partial charge in [0, 0.05) is 36.4 Å². The van der Waals surface area contributed by atoms with Crippen molar-refractivity contribution in [3.8, 4) is 0 Å². The van der Waals surface area contributed by atoms with E-state index >= 15 is 0 Å². The van der Waals surface area contributed by atoms with Crippen LogP contribution in [0.5, 0.6) is 0 Å². The summed E-state index contributed by atoms with van der Waals surface area (Å²) in [5, 5.41) is 10.5. The minimum absolute atomic E-state index is 0.181. The molecule has 0 aliphatic carbocycles. The summed E-state index contributed by atoms with van der Waals surface area (Å²) in [5.41, 5.74) is 3.68. The van der Waals surface area contributed by atoms with Crippen LogP contribution in [0, 0.1) is 0 Å². The predicted molar refractivity (Wildman–Crippen MR) is 86.0 cm³/mol. The van der Waals surface area contributed by atoms with E-state index in [1.165, 1.54) is 16.5 Å². The summed E-state index contributed by atoms with van der Waals surface area (Å²) >= 11 is 0. The maximum Gasteiger partial charge on any atom is 0.137 e. The number of hydrogen-bond donors (Lipinski definition) is 2. The fraction of sp³-hybridized carbons (Fsp3) is 0.471. The summed E-state index contributed by atoms with van der Waals surface area (Å²) < 4.78 is 0. The molecular formula is C17H23N3O. The van der Waals surface area contributed by atoms with Gasteiger partial charge < -0.3 is 10.1 Å². The van der Waals surface area contributed by atoms with E-state index in [1.54, 1.807) is 0 Å². The van der Waals surface area contributed by atoms with Gasteiger partial charge in [0.25, 0.3) is 0 Å². The van der Waals surface area contributed by atoms with Gasteiger partial charge in [-0.1, -0.05) is 6.08 Å². The first-order valence-electron chi connectivity index (χ1n) is 7.76. The predicted octanol–water partition coefficient (Wildman–Crippen LogP) is 2.81. The highest BCUT2D eigenvalue weighted by atomic mass is 16.3. The molecule has 2 N–H and O–H groups in total. The SMILES string of the molecule is C[C@@H](O)CCCN1CC=C(c2c[nH]c3ncccc23)CC1. The second-order valence-electron chi connectivity index (χ2n) is 5.87. The molecule has 2 aromatic heterocycles. The van der Waals surface area contributed by atoms with Crippen molar-refractivity contribution in [1.29, 1.82) is 0 Å². The van der Waals surface area contributed by atoms with E-state index in [0.29, 0.717) is 0 Å². The van der Waals surface area contributed by atoms with Crippen molar-refractivity contribution in [2.24, 2.45) is 0 Å². The summed E-state index contributed by atoms with van der Waals surface area (Å²) in [4.78, 5) is 10.1. The highest BCUT2D eigenvalue weighted by Crippen LogP contribution is 2.28. The Balaban J connectivity index is 1.65. The molecule has 0 fully saturated rings. The van der Waals surface area contributed by atoms with E-state index in [9.17, 15) is 5.11 Å². The third-order valence-electron chi connectivity index (χ3n) is 4.19. The van der Waals surface area contributed by atoms with Gasteiger partial charge in [-0.25, -0.2) is 4.98 Å². The third-order valence-corrected chi connectivity index (χ3v) is 4.19. The van der Waals surface area contributed by atoms with Gasteiger partial charge >= 0.3 is 0 Å². The second kappa shape index (κ2) is 6.41. The molecule has 4 heteroatoms. The largest absolute Gasteiger partial charge is 0.393 e. The van der Waals surface area contributed by atoms with Crippen molar-refractivity contribution in [3.05, 3.63) is 36.2 Å². The Kier molecular flexibility index (Phi) is 4.36. The Hall–Kier alpha value is -1.65. The number of nitrogens with zero attached hydrogens (tertiary/aromatic N) is 2. The lowest BCUT2D eigenvalue weighted by Gasteiger charge is -2.26. The lowest BCUT2D eigenvalue weighted by Crippen LogP contribution is -2.29. The Labute approximate surface area is 125 Å². The van der Waals surface area contributed by atoms with E-state index in [1.807, 2.05) is 19.2 Å². The number of pyridine rings is 1. The maximum absolute atomic E-state index is 9.31. The first-order valence-corrected chi connectivity index (χ1v) is 7.76. The topological polar surface area (TPSA) is 52.1 Å². The van der Waals surface area contributed by atoms with E-state index < -0.39 is 0 Å². The van der Waals surface area contributed by atoms with Crippen LogP contribution in [0.4, 0.5) is 0 Å². The van der Waals surface area contributed by atoms with Gasteiger partial charge in [-0.15, -0.1) is 0 Å². The molecule has 21 heavy (non-hydrogen) atoms. The zero-order chi connectivity index (χ0) is 14.7. The minimum Gasteiger partial charge on any atom is -0.393 e. The Morgan fingerprint density at radius 2 is 2.38 bits per heavy atom. The summed E-state index contributed by atoms with van der Waals surface area (Å²) in [7, 11) is 0. The lowest BCUT2D eigenvalue weighted by molar-refractivity contribution is 0.172. The maximum atomic E-state index is 9.31. The van der Waals surface area contributed by atoms with Crippen molar-refractivity contribution in [3.63, 3.8) is 0 Å². The second-order valence-corrected chi connectivity index (χ2v) is 5.87. The lowest BCUT2D eigenvalue weighted by atomic mass is 9.99. The Bertz CT molecular complexity index is 630. The van der Waals surface area contributed by atoms with Crippen LogP contribution in [0.25, 0.3) is 16.6 Å². The average Bonchev–Trinajstić information content (AvgIpc) is 2.92. The van der Waals surface area contributed by atoms with Crippen LogP contribution in [0.1, 0.15) is 31.7 Å². The fourth-order valence-electron chi connectivity index (χ4n) is 2.99. The van der Waals surface area contributed by atoms with E-state index in [4.69, 9.17) is 0 Å². The first-order chi connectivity index (χ1) is 10.2. The molecule has 1 atom stereocenters. The number of aromatic amines is 1. The van der Waals surface area contributed by atoms with Crippen LogP contribution >= 0.6 is 0 Å². The molecule has 3 rings (SSSR count). The van der Waals surface area contributed by atoms with Gasteiger partial charge in [0.15, 0.2) is 0 Å². The number of rotatable bonds is 5. The monoisotopic (exact) mass is 285 g/mol. The van der Waals surface area contributed by atoms with Crippen LogP contribution in [-0.2, 0) is 0 Å². The Morgan fingerprint density at radius 1 is 1.48 bits per heavy atom. The molecule has 4 nitrogen and oxygen atoms in total.